The minimum absolute atomic E-state index is 0.122. The van der Waals surface area contributed by atoms with Gasteiger partial charge in [-0.15, -0.1) is 0 Å². The molecule has 0 radical (unpaired) electrons. The molecule has 0 bridgehead atoms. The number of nitrogens with zero attached hydrogens (tertiary/aromatic N) is 3. The van der Waals surface area contributed by atoms with E-state index in [1.54, 1.807) is 14.2 Å². The van der Waals surface area contributed by atoms with Crippen LogP contribution in [0.5, 0.6) is 5.75 Å². The van der Waals surface area contributed by atoms with E-state index in [-0.39, 0.29) is 12.3 Å². The van der Waals surface area contributed by atoms with Gasteiger partial charge in [0, 0.05) is 13.1 Å². The van der Waals surface area contributed by atoms with Crippen molar-refractivity contribution < 1.29 is 14.1 Å². The number of carbonyl (C=O) groups excluding carboxylic acids is 1. The van der Waals surface area contributed by atoms with Crippen LogP contribution in [-0.4, -0.2) is 41.6 Å². The fourth-order valence-corrected chi connectivity index (χ4v) is 3.39. The Hall–Kier alpha value is -2.41. The smallest absolute Gasteiger partial charge is 0.240 e. The van der Waals surface area contributed by atoms with E-state index < -0.39 is 0 Å². The van der Waals surface area contributed by atoms with E-state index in [4.69, 9.17) is 9.26 Å². The van der Waals surface area contributed by atoms with Crippen LogP contribution in [0.4, 0.5) is 0 Å². The summed E-state index contributed by atoms with van der Waals surface area (Å²) in [6, 6.07) is 8.59. The van der Waals surface area contributed by atoms with Gasteiger partial charge in [0.2, 0.25) is 11.8 Å². The Kier molecular flexibility index (Phi) is 6.22. The minimum Gasteiger partial charge on any atom is -0.497 e. The van der Waals surface area contributed by atoms with Crippen molar-refractivity contribution in [3.05, 3.63) is 41.5 Å². The molecule has 0 saturated carbocycles. The highest BCUT2D eigenvalue weighted by atomic mass is 16.5. The highest BCUT2D eigenvalue weighted by Crippen LogP contribution is 2.32. The van der Waals surface area contributed by atoms with Crippen LogP contribution in [0.25, 0.3) is 0 Å². The molecule has 1 amide bonds. The summed E-state index contributed by atoms with van der Waals surface area (Å²) in [6.07, 6.45) is 4.84. The van der Waals surface area contributed by atoms with Crippen LogP contribution in [0.2, 0.25) is 0 Å². The molecule has 1 saturated heterocycles. The first-order chi connectivity index (χ1) is 12.7. The Morgan fingerprint density at radius 3 is 2.85 bits per heavy atom. The molecule has 7 heteroatoms. The Balaban J connectivity index is 1.73. The second-order valence-corrected chi connectivity index (χ2v) is 6.56. The molecule has 1 fully saturated rings. The molecule has 1 aliphatic rings. The first-order valence-corrected chi connectivity index (χ1v) is 9.09. The third kappa shape index (κ3) is 4.60. The number of rotatable bonds is 6. The average molecular weight is 358 g/mol. The van der Waals surface area contributed by atoms with Gasteiger partial charge in [-0.3, -0.25) is 9.69 Å². The number of methoxy groups -OCH3 is 1. The first kappa shape index (κ1) is 18.4. The SMILES string of the molecule is CNC(=O)Cc1noc(CN2CCCCCC2c2ccc(OC)cc2)n1. The van der Waals surface area contributed by atoms with Crippen molar-refractivity contribution >= 4 is 5.91 Å². The summed E-state index contributed by atoms with van der Waals surface area (Å²) in [5.41, 5.74) is 1.28. The lowest BCUT2D eigenvalue weighted by molar-refractivity contribution is -0.120. The summed E-state index contributed by atoms with van der Waals surface area (Å²) in [5.74, 6) is 1.73. The molecule has 2 aromatic rings. The summed E-state index contributed by atoms with van der Waals surface area (Å²) >= 11 is 0. The van der Waals surface area contributed by atoms with Crippen LogP contribution >= 0.6 is 0 Å². The van der Waals surface area contributed by atoms with Gasteiger partial charge in [0.1, 0.15) is 5.75 Å². The van der Waals surface area contributed by atoms with E-state index in [0.29, 0.717) is 24.3 Å². The van der Waals surface area contributed by atoms with Gasteiger partial charge in [-0.2, -0.15) is 4.98 Å². The van der Waals surface area contributed by atoms with Crippen LogP contribution in [0, 0.1) is 0 Å². The Morgan fingerprint density at radius 2 is 2.12 bits per heavy atom. The quantitative estimate of drug-likeness (QED) is 0.854. The van der Waals surface area contributed by atoms with E-state index >= 15 is 0 Å². The molecule has 1 unspecified atom stereocenters. The molecule has 0 spiro atoms. The molecule has 3 rings (SSSR count). The number of likely N-dealkylation sites (tertiary alicyclic amines) is 1. The van der Waals surface area contributed by atoms with Gasteiger partial charge in [0.05, 0.1) is 20.1 Å². The number of benzene rings is 1. The van der Waals surface area contributed by atoms with E-state index in [0.717, 1.165) is 25.1 Å². The number of ether oxygens (including phenoxy) is 1. The Labute approximate surface area is 153 Å². The van der Waals surface area contributed by atoms with Crippen molar-refractivity contribution in [1.82, 2.24) is 20.4 Å². The maximum atomic E-state index is 11.5. The van der Waals surface area contributed by atoms with Crippen LogP contribution in [-0.2, 0) is 17.8 Å². The third-order valence-corrected chi connectivity index (χ3v) is 4.81. The van der Waals surface area contributed by atoms with Crippen molar-refractivity contribution in [1.29, 1.82) is 0 Å². The summed E-state index contributed by atoms with van der Waals surface area (Å²) < 4.78 is 10.6. The zero-order valence-electron chi connectivity index (χ0n) is 15.4. The number of hydrogen-bond acceptors (Lipinski definition) is 6. The van der Waals surface area contributed by atoms with Crippen molar-refractivity contribution in [2.45, 2.75) is 44.7 Å². The van der Waals surface area contributed by atoms with Gasteiger partial charge < -0.3 is 14.6 Å². The molecule has 1 aliphatic heterocycles. The van der Waals surface area contributed by atoms with E-state index in [1.807, 2.05) is 12.1 Å². The third-order valence-electron chi connectivity index (χ3n) is 4.81. The number of likely N-dealkylation sites (N-methyl/N-ethyl adjacent to an activating group) is 1. The summed E-state index contributed by atoms with van der Waals surface area (Å²) in [5, 5.41) is 6.49. The topological polar surface area (TPSA) is 80.5 Å². The lowest BCUT2D eigenvalue weighted by atomic mass is 10.0. The molecule has 1 N–H and O–H groups in total. The number of nitrogens with one attached hydrogen (secondary N) is 1. The number of aromatic nitrogens is 2. The molecular formula is C19H26N4O3. The molecule has 7 nitrogen and oxygen atoms in total. The highest BCUT2D eigenvalue weighted by Gasteiger charge is 2.24. The molecular weight excluding hydrogens is 332 g/mol. The summed E-state index contributed by atoms with van der Waals surface area (Å²) in [6.45, 7) is 1.58. The standard InChI is InChI=1S/C19H26N4O3/c1-20-18(24)12-17-21-19(26-22-17)13-23-11-5-3-4-6-16(23)14-7-9-15(25-2)10-8-14/h7-10,16H,3-6,11-13H2,1-2H3,(H,20,24). The summed E-state index contributed by atoms with van der Waals surface area (Å²) in [7, 11) is 3.28. The van der Waals surface area contributed by atoms with E-state index in [1.165, 1.54) is 18.4 Å². The van der Waals surface area contributed by atoms with Gasteiger partial charge in [0.25, 0.3) is 0 Å². The lowest BCUT2D eigenvalue weighted by Crippen LogP contribution is -2.28. The van der Waals surface area contributed by atoms with Crippen LogP contribution in [0.3, 0.4) is 0 Å². The van der Waals surface area contributed by atoms with Crippen molar-refractivity contribution in [2.24, 2.45) is 0 Å². The van der Waals surface area contributed by atoms with Gasteiger partial charge in [-0.05, 0) is 37.1 Å². The number of amides is 1. The number of hydrogen-bond donors (Lipinski definition) is 1. The summed E-state index contributed by atoms with van der Waals surface area (Å²) in [4.78, 5) is 18.2. The van der Waals surface area contributed by atoms with Gasteiger partial charge in [-0.1, -0.05) is 30.1 Å². The van der Waals surface area contributed by atoms with Crippen LogP contribution in [0.15, 0.2) is 28.8 Å². The van der Waals surface area contributed by atoms with E-state index in [9.17, 15) is 4.79 Å². The Bertz CT molecular complexity index is 714. The molecule has 26 heavy (non-hydrogen) atoms. The van der Waals surface area contributed by atoms with Crippen molar-refractivity contribution in [3.8, 4) is 5.75 Å². The van der Waals surface area contributed by atoms with E-state index in [2.05, 4.69) is 32.5 Å². The molecule has 1 atom stereocenters. The zero-order valence-corrected chi connectivity index (χ0v) is 15.4. The number of carbonyl (C=O) groups is 1. The largest absolute Gasteiger partial charge is 0.497 e. The van der Waals surface area contributed by atoms with Gasteiger partial charge >= 0.3 is 0 Å². The zero-order chi connectivity index (χ0) is 18.4. The first-order valence-electron chi connectivity index (χ1n) is 9.09. The minimum atomic E-state index is -0.122. The maximum Gasteiger partial charge on any atom is 0.240 e. The van der Waals surface area contributed by atoms with Crippen molar-refractivity contribution in [3.63, 3.8) is 0 Å². The molecule has 1 aromatic heterocycles. The predicted octanol–water partition coefficient (Wildman–Crippen LogP) is 2.48. The predicted molar refractivity (Wildman–Crippen MR) is 96.7 cm³/mol. The average Bonchev–Trinajstić information content (AvgIpc) is 2.97. The van der Waals surface area contributed by atoms with Crippen LogP contribution < -0.4 is 10.1 Å². The second-order valence-electron chi connectivity index (χ2n) is 6.56. The van der Waals surface area contributed by atoms with Gasteiger partial charge in [0.15, 0.2) is 5.82 Å². The van der Waals surface area contributed by atoms with Crippen molar-refractivity contribution in [2.75, 3.05) is 20.7 Å². The van der Waals surface area contributed by atoms with Gasteiger partial charge in [-0.25, -0.2) is 0 Å². The Morgan fingerprint density at radius 1 is 1.31 bits per heavy atom. The maximum absolute atomic E-state index is 11.5. The normalized spacial score (nSPS) is 18.3. The lowest BCUT2D eigenvalue weighted by Gasteiger charge is -2.29. The van der Waals surface area contributed by atoms with Crippen LogP contribution in [0.1, 0.15) is 49.0 Å². The molecule has 0 aliphatic carbocycles. The fourth-order valence-electron chi connectivity index (χ4n) is 3.39. The second kappa shape index (κ2) is 8.80. The molecule has 1 aromatic carbocycles. The molecule has 2 heterocycles. The monoisotopic (exact) mass is 358 g/mol. The highest BCUT2D eigenvalue weighted by molar-refractivity contribution is 5.77. The fraction of sp³-hybridized carbons (Fsp3) is 0.526. The molecule has 140 valence electrons.